The first-order valence-electron chi connectivity index (χ1n) is 4.89. The van der Waals surface area contributed by atoms with Gasteiger partial charge in [-0.05, 0) is 24.6 Å². The molecule has 0 heterocycles. The minimum atomic E-state index is -0.102. The summed E-state index contributed by atoms with van der Waals surface area (Å²) in [6, 6.07) is 5.30. The Balaban J connectivity index is 2.80. The molecule has 1 aromatic carbocycles. The summed E-state index contributed by atoms with van der Waals surface area (Å²) in [5.74, 6) is -0.102. The fraction of sp³-hybridized carbons (Fsp3) is 0.364. The molecule has 0 aliphatic carbocycles. The van der Waals surface area contributed by atoms with E-state index in [0.29, 0.717) is 10.6 Å². The van der Waals surface area contributed by atoms with Crippen molar-refractivity contribution in [1.29, 1.82) is 0 Å². The molecule has 1 atom stereocenters. The van der Waals surface area contributed by atoms with Crippen LogP contribution >= 0.6 is 43.5 Å². The van der Waals surface area contributed by atoms with Crippen molar-refractivity contribution in [3.8, 4) is 0 Å². The van der Waals surface area contributed by atoms with Gasteiger partial charge in [-0.15, -0.1) is 0 Å². The highest BCUT2D eigenvalue weighted by Crippen LogP contribution is 2.19. The Kier molecular flexibility index (Phi) is 5.79. The number of hydrogen-bond acceptors (Lipinski definition) is 1. The Hall–Kier alpha value is -0.0600. The summed E-state index contributed by atoms with van der Waals surface area (Å²) in [7, 11) is 0. The van der Waals surface area contributed by atoms with Crippen molar-refractivity contribution < 1.29 is 4.79 Å². The molecule has 0 spiro atoms. The summed E-state index contributed by atoms with van der Waals surface area (Å²) in [4.78, 5) is 11.9. The van der Waals surface area contributed by atoms with Gasteiger partial charge in [0.25, 0.3) is 5.91 Å². The van der Waals surface area contributed by atoms with Gasteiger partial charge in [0.05, 0.1) is 0 Å². The maximum absolute atomic E-state index is 11.9. The number of rotatable bonds is 4. The van der Waals surface area contributed by atoms with Gasteiger partial charge in [0, 0.05) is 26.4 Å². The van der Waals surface area contributed by atoms with Crippen LogP contribution in [0.3, 0.4) is 0 Å². The van der Waals surface area contributed by atoms with Crippen molar-refractivity contribution >= 4 is 49.4 Å². The highest BCUT2D eigenvalue weighted by atomic mass is 79.9. The number of hydrogen-bond donors (Lipinski definition) is 1. The zero-order valence-electron chi connectivity index (χ0n) is 8.77. The first kappa shape index (κ1) is 14.0. The quantitative estimate of drug-likeness (QED) is 0.799. The van der Waals surface area contributed by atoms with Gasteiger partial charge in [0.2, 0.25) is 0 Å². The van der Waals surface area contributed by atoms with Gasteiger partial charge in [-0.1, -0.05) is 50.4 Å². The normalized spacial score (nSPS) is 12.2. The molecular weight excluding hydrogens is 357 g/mol. The second kappa shape index (κ2) is 6.62. The third-order valence-electron chi connectivity index (χ3n) is 2.14. The number of carbonyl (C=O) groups is 1. The van der Waals surface area contributed by atoms with Crippen LogP contribution in [-0.4, -0.2) is 17.3 Å². The van der Waals surface area contributed by atoms with Crippen LogP contribution in [0.1, 0.15) is 23.7 Å². The SMILES string of the molecule is CCC(CBr)NC(=O)c1cc(Cl)cc(Br)c1. The van der Waals surface area contributed by atoms with E-state index in [1.807, 2.05) is 6.92 Å². The smallest absolute Gasteiger partial charge is 0.251 e. The molecule has 1 amide bonds. The molecule has 0 fully saturated rings. The van der Waals surface area contributed by atoms with Crippen molar-refractivity contribution in [2.75, 3.05) is 5.33 Å². The summed E-state index contributed by atoms with van der Waals surface area (Å²) < 4.78 is 0.803. The summed E-state index contributed by atoms with van der Waals surface area (Å²) in [5, 5.41) is 4.22. The molecule has 5 heteroatoms. The summed E-state index contributed by atoms with van der Waals surface area (Å²) in [6.07, 6.45) is 0.888. The molecule has 2 nitrogen and oxygen atoms in total. The van der Waals surface area contributed by atoms with E-state index in [1.54, 1.807) is 18.2 Å². The molecule has 0 saturated heterocycles. The topological polar surface area (TPSA) is 29.1 Å². The van der Waals surface area contributed by atoms with E-state index in [0.717, 1.165) is 16.2 Å². The van der Waals surface area contributed by atoms with E-state index in [4.69, 9.17) is 11.6 Å². The van der Waals surface area contributed by atoms with Crippen molar-refractivity contribution in [1.82, 2.24) is 5.32 Å². The van der Waals surface area contributed by atoms with Crippen LogP contribution in [0.25, 0.3) is 0 Å². The van der Waals surface area contributed by atoms with Crippen LogP contribution in [0.15, 0.2) is 22.7 Å². The zero-order chi connectivity index (χ0) is 12.1. The van der Waals surface area contributed by atoms with Crippen LogP contribution in [0.5, 0.6) is 0 Å². The lowest BCUT2D eigenvalue weighted by Gasteiger charge is -2.14. The third kappa shape index (κ3) is 4.07. The Morgan fingerprint density at radius 1 is 1.50 bits per heavy atom. The van der Waals surface area contributed by atoms with Crippen LogP contribution < -0.4 is 5.32 Å². The average molecular weight is 369 g/mol. The largest absolute Gasteiger partial charge is 0.348 e. The number of carbonyl (C=O) groups excluding carboxylic acids is 1. The Bertz CT molecular complexity index is 360. The molecule has 0 aromatic heterocycles. The molecule has 0 bridgehead atoms. The minimum Gasteiger partial charge on any atom is -0.348 e. The number of alkyl halides is 1. The van der Waals surface area contributed by atoms with Crippen molar-refractivity contribution in [3.05, 3.63) is 33.3 Å². The molecule has 1 N–H and O–H groups in total. The van der Waals surface area contributed by atoms with Gasteiger partial charge in [-0.25, -0.2) is 0 Å². The van der Waals surface area contributed by atoms with Crippen molar-refractivity contribution in [3.63, 3.8) is 0 Å². The highest BCUT2D eigenvalue weighted by Gasteiger charge is 2.11. The predicted octanol–water partition coefficient (Wildman–Crippen LogP) is 4.01. The standard InChI is InChI=1S/C11H12Br2ClNO/c1-2-10(6-12)15-11(16)7-3-8(13)5-9(14)4-7/h3-5,10H,2,6H2,1H3,(H,15,16). The van der Waals surface area contributed by atoms with E-state index in [1.165, 1.54) is 0 Å². The number of halogens is 3. The third-order valence-corrected chi connectivity index (χ3v) is 3.60. The monoisotopic (exact) mass is 367 g/mol. The van der Waals surface area contributed by atoms with Gasteiger partial charge < -0.3 is 5.32 Å². The van der Waals surface area contributed by atoms with Crippen LogP contribution in [0.2, 0.25) is 5.02 Å². The van der Waals surface area contributed by atoms with E-state index in [-0.39, 0.29) is 11.9 Å². The van der Waals surface area contributed by atoms with Crippen LogP contribution in [-0.2, 0) is 0 Å². The lowest BCUT2D eigenvalue weighted by Crippen LogP contribution is -2.35. The van der Waals surface area contributed by atoms with Gasteiger partial charge in [0.15, 0.2) is 0 Å². The van der Waals surface area contributed by atoms with E-state index < -0.39 is 0 Å². The summed E-state index contributed by atoms with van der Waals surface area (Å²) >= 11 is 12.5. The van der Waals surface area contributed by atoms with Gasteiger partial charge in [-0.2, -0.15) is 0 Å². The van der Waals surface area contributed by atoms with Gasteiger partial charge in [0.1, 0.15) is 0 Å². The number of amides is 1. The Morgan fingerprint density at radius 2 is 2.19 bits per heavy atom. The maximum Gasteiger partial charge on any atom is 0.251 e. The Morgan fingerprint density at radius 3 is 2.69 bits per heavy atom. The van der Waals surface area contributed by atoms with Crippen LogP contribution in [0.4, 0.5) is 0 Å². The summed E-state index contributed by atoms with van der Waals surface area (Å²) in [5.41, 5.74) is 0.568. The number of benzene rings is 1. The molecule has 1 aromatic rings. The van der Waals surface area contributed by atoms with E-state index in [2.05, 4.69) is 37.2 Å². The highest BCUT2D eigenvalue weighted by molar-refractivity contribution is 9.10. The molecule has 0 aliphatic rings. The van der Waals surface area contributed by atoms with Gasteiger partial charge >= 0.3 is 0 Å². The lowest BCUT2D eigenvalue weighted by atomic mass is 10.2. The first-order valence-corrected chi connectivity index (χ1v) is 7.19. The van der Waals surface area contributed by atoms with E-state index in [9.17, 15) is 4.79 Å². The van der Waals surface area contributed by atoms with Crippen molar-refractivity contribution in [2.24, 2.45) is 0 Å². The van der Waals surface area contributed by atoms with E-state index >= 15 is 0 Å². The molecule has 1 unspecified atom stereocenters. The van der Waals surface area contributed by atoms with Gasteiger partial charge in [-0.3, -0.25) is 4.79 Å². The second-order valence-electron chi connectivity index (χ2n) is 3.39. The summed E-state index contributed by atoms with van der Waals surface area (Å²) in [6.45, 7) is 2.03. The maximum atomic E-state index is 11.9. The van der Waals surface area contributed by atoms with Crippen LogP contribution in [0, 0.1) is 0 Å². The second-order valence-corrected chi connectivity index (χ2v) is 5.39. The molecule has 88 valence electrons. The number of nitrogens with one attached hydrogen (secondary N) is 1. The van der Waals surface area contributed by atoms with Crippen molar-refractivity contribution in [2.45, 2.75) is 19.4 Å². The molecule has 1 rings (SSSR count). The minimum absolute atomic E-state index is 0.102. The Labute approximate surface area is 117 Å². The average Bonchev–Trinajstić information content (AvgIpc) is 2.24. The zero-order valence-corrected chi connectivity index (χ0v) is 12.7. The fourth-order valence-corrected chi connectivity index (χ4v) is 2.68. The molecule has 0 aliphatic heterocycles. The predicted molar refractivity (Wildman–Crippen MR) is 74.5 cm³/mol. The lowest BCUT2D eigenvalue weighted by molar-refractivity contribution is 0.0940. The first-order chi connectivity index (χ1) is 7.56. The molecule has 0 radical (unpaired) electrons. The molecule has 0 saturated carbocycles. The fourth-order valence-electron chi connectivity index (χ4n) is 1.20. The molecule has 16 heavy (non-hydrogen) atoms. The molecular formula is C11H12Br2ClNO.